The topological polar surface area (TPSA) is 125 Å². The van der Waals surface area contributed by atoms with Crippen molar-refractivity contribution in [1.29, 1.82) is 0 Å². The Balaban J connectivity index is 1.34. The molecule has 0 aliphatic heterocycles. The third-order valence-corrected chi connectivity index (χ3v) is 11.0. The molecule has 2 saturated carbocycles. The van der Waals surface area contributed by atoms with Crippen LogP contribution in [0.25, 0.3) is 0 Å². The Labute approximate surface area is 245 Å². The fourth-order valence-electron chi connectivity index (χ4n) is 6.27. The molecule has 0 radical (unpaired) electrons. The molecule has 1 aromatic heterocycles. The van der Waals surface area contributed by atoms with Crippen molar-refractivity contribution in [2.75, 3.05) is 11.9 Å². The maximum atomic E-state index is 13.8. The second-order valence-corrected chi connectivity index (χ2v) is 13.5. The van der Waals surface area contributed by atoms with Crippen LogP contribution in [0.4, 0.5) is 18.9 Å². The fraction of sp³-hybridized carbons (Fsp3) is 0.345. The van der Waals surface area contributed by atoms with Crippen LogP contribution in [0.3, 0.4) is 0 Å². The number of benzene rings is 2. The van der Waals surface area contributed by atoms with E-state index in [0.717, 1.165) is 6.07 Å². The first-order valence-electron chi connectivity index (χ1n) is 13.2. The average Bonchev–Trinajstić information content (AvgIpc) is 3.07. The summed E-state index contributed by atoms with van der Waals surface area (Å²) in [6, 6.07) is 8.00. The molecule has 5 atom stereocenters. The van der Waals surface area contributed by atoms with Crippen molar-refractivity contribution in [3.05, 3.63) is 88.5 Å². The number of aliphatic hydroxyl groups is 1. The molecule has 2 amide bonds. The van der Waals surface area contributed by atoms with Crippen molar-refractivity contribution in [3.63, 3.8) is 0 Å². The van der Waals surface area contributed by atoms with Gasteiger partial charge in [0, 0.05) is 42.3 Å². The number of sulfone groups is 1. The number of nitrogens with one attached hydrogen (secondary N) is 2. The highest BCUT2D eigenvalue weighted by Gasteiger charge is 2.58. The maximum absolute atomic E-state index is 13.8. The Morgan fingerprint density at radius 3 is 2.40 bits per heavy atom. The van der Waals surface area contributed by atoms with Gasteiger partial charge >= 0.3 is 0 Å². The molecule has 0 saturated heterocycles. The summed E-state index contributed by atoms with van der Waals surface area (Å²) in [6.45, 7) is 1.89. The molecule has 3 aromatic rings. The smallest absolute Gasteiger partial charge is 0.255 e. The molecule has 8 nitrogen and oxygen atoms in total. The van der Waals surface area contributed by atoms with Crippen molar-refractivity contribution in [1.82, 2.24) is 10.3 Å². The van der Waals surface area contributed by atoms with Crippen LogP contribution < -0.4 is 10.6 Å². The van der Waals surface area contributed by atoms with E-state index in [0.29, 0.717) is 24.1 Å². The number of carbonyl (C=O) groups is 2. The summed E-state index contributed by atoms with van der Waals surface area (Å²) in [5.74, 6) is -6.83. The van der Waals surface area contributed by atoms with E-state index in [1.54, 1.807) is 12.1 Å². The lowest BCUT2D eigenvalue weighted by Crippen LogP contribution is -2.55. The summed E-state index contributed by atoms with van der Waals surface area (Å²) in [5, 5.41) is 15.6. The number of carbonyl (C=O) groups excluding carboxylic acids is 2. The minimum absolute atomic E-state index is 0.0143. The second-order valence-electron chi connectivity index (χ2n) is 10.9. The Morgan fingerprint density at radius 1 is 1.05 bits per heavy atom. The van der Waals surface area contributed by atoms with E-state index in [1.807, 2.05) is 6.92 Å². The van der Waals surface area contributed by atoms with Crippen LogP contribution in [0, 0.1) is 35.2 Å². The van der Waals surface area contributed by atoms with Crippen molar-refractivity contribution in [2.45, 2.75) is 41.9 Å². The number of aromatic nitrogens is 1. The third-order valence-electron chi connectivity index (χ3n) is 8.39. The van der Waals surface area contributed by atoms with E-state index in [-0.39, 0.29) is 46.5 Å². The van der Waals surface area contributed by atoms with Gasteiger partial charge in [0.15, 0.2) is 27.3 Å². The Kier molecular flexibility index (Phi) is 8.08. The minimum atomic E-state index is -4.10. The normalized spacial score (nSPS) is 25.2. The molecular formula is C29H27ClF3N3O5S. The third kappa shape index (κ3) is 5.50. The van der Waals surface area contributed by atoms with Crippen molar-refractivity contribution < 1.29 is 36.3 Å². The molecule has 13 heteroatoms. The molecule has 1 heterocycles. The number of halogens is 4. The predicted octanol–water partition coefficient (Wildman–Crippen LogP) is 4.77. The van der Waals surface area contributed by atoms with Crippen LogP contribution >= 0.6 is 11.6 Å². The van der Waals surface area contributed by atoms with E-state index < -0.39 is 61.8 Å². The lowest BCUT2D eigenvalue weighted by molar-refractivity contribution is -0.0598. The first-order valence-corrected chi connectivity index (χ1v) is 15.1. The zero-order valence-corrected chi connectivity index (χ0v) is 23.9. The quantitative estimate of drug-likeness (QED) is 0.326. The summed E-state index contributed by atoms with van der Waals surface area (Å²) >= 11 is 6.29. The summed E-state index contributed by atoms with van der Waals surface area (Å²) < 4.78 is 68.1. The molecule has 5 rings (SSSR count). The highest BCUT2D eigenvalue weighted by Crippen LogP contribution is 2.54. The summed E-state index contributed by atoms with van der Waals surface area (Å²) in [7, 11) is -4.10. The molecule has 2 aromatic carbocycles. The predicted molar refractivity (Wildman–Crippen MR) is 148 cm³/mol. The van der Waals surface area contributed by atoms with Crippen LogP contribution in [0.2, 0.25) is 5.02 Å². The lowest BCUT2D eigenvalue weighted by Gasteiger charge is -2.43. The van der Waals surface area contributed by atoms with E-state index in [9.17, 15) is 36.3 Å². The van der Waals surface area contributed by atoms with E-state index >= 15 is 0 Å². The molecule has 1 unspecified atom stereocenters. The molecule has 2 fully saturated rings. The van der Waals surface area contributed by atoms with E-state index in [1.165, 1.54) is 24.5 Å². The van der Waals surface area contributed by atoms with E-state index in [2.05, 4.69) is 15.6 Å². The van der Waals surface area contributed by atoms with Gasteiger partial charge in [0.1, 0.15) is 0 Å². The molecule has 0 spiro atoms. The lowest BCUT2D eigenvalue weighted by atomic mass is 9.73. The van der Waals surface area contributed by atoms with Gasteiger partial charge in [-0.25, -0.2) is 21.6 Å². The zero-order chi connectivity index (χ0) is 30.4. The van der Waals surface area contributed by atoms with Gasteiger partial charge in [-0.15, -0.1) is 0 Å². The van der Waals surface area contributed by atoms with Gasteiger partial charge in [-0.1, -0.05) is 18.5 Å². The first-order chi connectivity index (χ1) is 19.8. The molecule has 2 aliphatic carbocycles. The SMILES string of the molecule is C[C@H]1CC2C[C@@H](S(=O)(=O)c3cc(C(=O)Nc4cc(F)c(F)c(F)c4)ccc3Cl)C[C@H]1[C@@]2(O)CNC(=O)c1cccnc1. The minimum Gasteiger partial charge on any atom is -0.387 e. The Bertz CT molecular complexity index is 1640. The van der Waals surface area contributed by atoms with Gasteiger partial charge in [0.05, 0.1) is 26.3 Å². The number of rotatable bonds is 7. The molecule has 2 bridgehead atoms. The van der Waals surface area contributed by atoms with Crippen LogP contribution in [0.1, 0.15) is 46.9 Å². The van der Waals surface area contributed by atoms with Crippen LogP contribution in [-0.4, -0.2) is 47.7 Å². The molecule has 2 aliphatic rings. The van der Waals surface area contributed by atoms with E-state index in [4.69, 9.17) is 11.6 Å². The Hall–Kier alpha value is -3.48. The molecular weight excluding hydrogens is 595 g/mol. The van der Waals surface area contributed by atoms with Crippen LogP contribution in [0.15, 0.2) is 59.8 Å². The largest absolute Gasteiger partial charge is 0.387 e. The molecule has 42 heavy (non-hydrogen) atoms. The number of hydrogen-bond acceptors (Lipinski definition) is 6. The maximum Gasteiger partial charge on any atom is 0.255 e. The summed E-state index contributed by atoms with van der Waals surface area (Å²) in [4.78, 5) is 29.0. The average molecular weight is 622 g/mol. The van der Waals surface area contributed by atoms with Gasteiger partial charge in [-0.2, -0.15) is 0 Å². The van der Waals surface area contributed by atoms with Crippen molar-refractivity contribution in [3.8, 4) is 0 Å². The summed E-state index contributed by atoms with van der Waals surface area (Å²) in [6.07, 6.45) is 3.74. The highest BCUT2D eigenvalue weighted by atomic mass is 35.5. The zero-order valence-electron chi connectivity index (χ0n) is 22.3. The van der Waals surface area contributed by atoms with Crippen LogP contribution in [0.5, 0.6) is 0 Å². The van der Waals surface area contributed by atoms with Gasteiger partial charge in [0.2, 0.25) is 0 Å². The van der Waals surface area contributed by atoms with Crippen molar-refractivity contribution in [2.24, 2.45) is 17.8 Å². The second kappa shape index (κ2) is 11.3. The molecule has 222 valence electrons. The first kappa shape index (κ1) is 30.0. The number of amides is 2. The number of anilines is 1. The van der Waals surface area contributed by atoms with Crippen molar-refractivity contribution >= 4 is 38.9 Å². The fourth-order valence-corrected chi connectivity index (χ4v) is 8.65. The Morgan fingerprint density at radius 2 is 1.76 bits per heavy atom. The summed E-state index contributed by atoms with van der Waals surface area (Å²) in [5.41, 5.74) is -1.48. The van der Waals surface area contributed by atoms with Crippen LogP contribution in [-0.2, 0) is 9.84 Å². The van der Waals surface area contributed by atoms with Gasteiger partial charge in [-0.3, -0.25) is 14.6 Å². The number of fused-ring (bicyclic) bond motifs is 2. The number of hydrogen-bond donors (Lipinski definition) is 3. The standard InChI is InChI=1S/C29H27ClF3N3O5S/c1-15-7-18-9-20(12-21(15)29(18,39)14-35-27(37)17-3-2-6-34-13-17)42(40,41)25-8-16(4-5-22(25)30)28(38)36-19-10-23(31)26(33)24(32)11-19/h2-6,8,10-11,13,15,18,20-21,39H,7,9,12,14H2,1H3,(H,35,37)(H,36,38)/t15-,18?,20+,21+,29+/m0/s1. The molecule has 3 N–H and O–H groups in total. The van der Waals surface area contributed by atoms with Gasteiger partial charge in [-0.05, 0) is 67.3 Å². The monoisotopic (exact) mass is 621 g/mol. The number of nitrogens with zero attached hydrogens (tertiary/aromatic N) is 1. The van der Waals surface area contributed by atoms with Gasteiger partial charge < -0.3 is 15.7 Å². The van der Waals surface area contributed by atoms with Gasteiger partial charge in [0.25, 0.3) is 11.8 Å². The number of pyridine rings is 1. The highest BCUT2D eigenvalue weighted by molar-refractivity contribution is 7.92.